The summed E-state index contributed by atoms with van der Waals surface area (Å²) in [5, 5.41) is 6.73. The van der Waals surface area contributed by atoms with Crippen LogP contribution in [-0.4, -0.2) is 67.8 Å². The van der Waals surface area contributed by atoms with E-state index in [1.165, 1.54) is 0 Å². The first-order valence-corrected chi connectivity index (χ1v) is 9.06. The molecular formula is C14H29IN4O2S. The number of hydrogen-bond acceptors (Lipinski definition) is 4. The number of carbonyl (C=O) groups is 1. The number of aliphatic imine (C=N–C) groups is 1. The van der Waals surface area contributed by atoms with Crippen LogP contribution in [-0.2, 0) is 4.74 Å². The van der Waals surface area contributed by atoms with Gasteiger partial charge in [0.25, 0.3) is 0 Å². The molecule has 1 aliphatic heterocycles. The van der Waals surface area contributed by atoms with E-state index in [0.717, 1.165) is 50.7 Å². The van der Waals surface area contributed by atoms with Gasteiger partial charge in [0.2, 0.25) is 0 Å². The van der Waals surface area contributed by atoms with Gasteiger partial charge in [0.1, 0.15) is 0 Å². The van der Waals surface area contributed by atoms with Crippen LogP contribution in [0.25, 0.3) is 0 Å². The van der Waals surface area contributed by atoms with Gasteiger partial charge in [-0.05, 0) is 32.9 Å². The van der Waals surface area contributed by atoms with Gasteiger partial charge in [-0.15, -0.1) is 24.0 Å². The summed E-state index contributed by atoms with van der Waals surface area (Å²) >= 11 is 1.80. The molecule has 0 saturated carbocycles. The van der Waals surface area contributed by atoms with E-state index < -0.39 is 0 Å². The lowest BCUT2D eigenvalue weighted by Gasteiger charge is -2.32. The van der Waals surface area contributed by atoms with Crippen LogP contribution in [0.4, 0.5) is 4.79 Å². The normalized spacial score (nSPS) is 16.0. The molecule has 0 bridgehead atoms. The van der Waals surface area contributed by atoms with Gasteiger partial charge in [0.15, 0.2) is 5.96 Å². The average molecular weight is 444 g/mol. The van der Waals surface area contributed by atoms with Gasteiger partial charge < -0.3 is 20.3 Å². The SMILES string of the molecule is CCNC(=NCCSC)NC1CCN(C(=O)OCC)CC1.I. The zero-order chi connectivity index (χ0) is 15.5. The number of halogens is 1. The Morgan fingerprint density at radius 2 is 2.05 bits per heavy atom. The summed E-state index contributed by atoms with van der Waals surface area (Å²) in [5.74, 6) is 1.90. The first-order chi connectivity index (χ1) is 10.2. The molecule has 1 saturated heterocycles. The Balaban J connectivity index is 0.00000441. The second-order valence-corrected chi connectivity index (χ2v) is 5.84. The van der Waals surface area contributed by atoms with Crippen molar-refractivity contribution in [2.45, 2.75) is 32.7 Å². The summed E-state index contributed by atoms with van der Waals surface area (Å²) in [4.78, 5) is 18.0. The number of rotatable bonds is 6. The molecule has 0 atom stereocenters. The predicted octanol–water partition coefficient (Wildman–Crippen LogP) is 2.14. The lowest BCUT2D eigenvalue weighted by Crippen LogP contribution is -2.50. The van der Waals surface area contributed by atoms with Crippen molar-refractivity contribution in [2.75, 3.05) is 44.8 Å². The van der Waals surface area contributed by atoms with Gasteiger partial charge in [0.05, 0.1) is 13.2 Å². The molecule has 8 heteroatoms. The fourth-order valence-corrected chi connectivity index (χ4v) is 2.46. The van der Waals surface area contributed by atoms with Crippen LogP contribution in [0.1, 0.15) is 26.7 Å². The van der Waals surface area contributed by atoms with Crippen LogP contribution in [0.15, 0.2) is 4.99 Å². The summed E-state index contributed by atoms with van der Waals surface area (Å²) < 4.78 is 5.03. The molecule has 0 unspecified atom stereocenters. The minimum absolute atomic E-state index is 0. The first kappa shape index (κ1) is 21.6. The van der Waals surface area contributed by atoms with Crippen molar-refractivity contribution in [2.24, 2.45) is 4.99 Å². The smallest absolute Gasteiger partial charge is 0.409 e. The average Bonchev–Trinajstić information content (AvgIpc) is 2.48. The zero-order valence-electron chi connectivity index (χ0n) is 13.8. The minimum atomic E-state index is -0.198. The van der Waals surface area contributed by atoms with Crippen molar-refractivity contribution >= 4 is 47.8 Å². The van der Waals surface area contributed by atoms with Crippen molar-refractivity contribution in [3.8, 4) is 0 Å². The van der Waals surface area contributed by atoms with Crippen molar-refractivity contribution < 1.29 is 9.53 Å². The Morgan fingerprint density at radius 1 is 1.36 bits per heavy atom. The largest absolute Gasteiger partial charge is 0.450 e. The summed E-state index contributed by atoms with van der Waals surface area (Å²) in [5.41, 5.74) is 0. The molecule has 1 rings (SSSR count). The Bertz CT molecular complexity index is 337. The monoisotopic (exact) mass is 444 g/mol. The van der Waals surface area contributed by atoms with Gasteiger partial charge in [-0.25, -0.2) is 4.79 Å². The first-order valence-electron chi connectivity index (χ1n) is 7.66. The topological polar surface area (TPSA) is 66.0 Å². The van der Waals surface area contributed by atoms with Crippen LogP contribution in [0.5, 0.6) is 0 Å². The van der Waals surface area contributed by atoms with E-state index in [1.807, 2.05) is 6.92 Å². The number of nitrogens with one attached hydrogen (secondary N) is 2. The molecule has 130 valence electrons. The molecule has 0 aromatic rings. The lowest BCUT2D eigenvalue weighted by molar-refractivity contribution is 0.0963. The van der Waals surface area contributed by atoms with Gasteiger partial charge >= 0.3 is 6.09 Å². The minimum Gasteiger partial charge on any atom is -0.450 e. The highest BCUT2D eigenvalue weighted by atomic mass is 127. The van der Waals surface area contributed by atoms with E-state index in [2.05, 4.69) is 28.8 Å². The Labute approximate surface area is 155 Å². The number of amides is 1. The fourth-order valence-electron chi connectivity index (χ4n) is 2.18. The lowest BCUT2D eigenvalue weighted by atomic mass is 10.1. The molecule has 22 heavy (non-hydrogen) atoms. The van der Waals surface area contributed by atoms with E-state index in [1.54, 1.807) is 16.7 Å². The Hall–Kier alpha value is -0.380. The van der Waals surface area contributed by atoms with E-state index in [9.17, 15) is 4.79 Å². The molecular weight excluding hydrogens is 415 g/mol. The molecule has 2 N–H and O–H groups in total. The highest BCUT2D eigenvalue weighted by Gasteiger charge is 2.23. The predicted molar refractivity (Wildman–Crippen MR) is 105 cm³/mol. The van der Waals surface area contributed by atoms with Crippen LogP contribution in [0.3, 0.4) is 0 Å². The number of thioether (sulfide) groups is 1. The molecule has 1 amide bonds. The van der Waals surface area contributed by atoms with Crippen molar-refractivity contribution in [3.05, 3.63) is 0 Å². The van der Waals surface area contributed by atoms with E-state index in [0.29, 0.717) is 12.6 Å². The van der Waals surface area contributed by atoms with Gasteiger partial charge in [-0.2, -0.15) is 11.8 Å². The number of piperidine rings is 1. The summed E-state index contributed by atoms with van der Waals surface area (Å²) in [6, 6.07) is 0.364. The maximum Gasteiger partial charge on any atom is 0.409 e. The number of likely N-dealkylation sites (tertiary alicyclic amines) is 1. The van der Waals surface area contributed by atoms with Gasteiger partial charge in [0, 0.05) is 31.4 Å². The molecule has 0 radical (unpaired) electrons. The van der Waals surface area contributed by atoms with Crippen LogP contribution >= 0.6 is 35.7 Å². The Kier molecular flexibility index (Phi) is 12.9. The molecule has 1 aliphatic rings. The van der Waals surface area contributed by atoms with E-state index >= 15 is 0 Å². The molecule has 1 fully saturated rings. The van der Waals surface area contributed by atoms with Crippen LogP contribution < -0.4 is 10.6 Å². The quantitative estimate of drug-likeness (QED) is 0.285. The summed E-state index contributed by atoms with van der Waals surface area (Å²) in [6.07, 6.45) is 3.73. The van der Waals surface area contributed by atoms with Crippen LogP contribution in [0, 0.1) is 0 Å². The number of guanidine groups is 1. The third-order valence-corrected chi connectivity index (χ3v) is 3.86. The maximum absolute atomic E-state index is 11.6. The highest BCUT2D eigenvalue weighted by Crippen LogP contribution is 2.11. The standard InChI is InChI=1S/C14H28N4O2S.HI/c1-4-15-13(16-8-11-21-3)17-12-6-9-18(10-7-12)14(19)20-5-2;/h12H,4-11H2,1-3H3,(H2,15,16,17);1H. The number of ether oxygens (including phenoxy) is 1. The van der Waals surface area contributed by atoms with Crippen molar-refractivity contribution in [1.29, 1.82) is 0 Å². The second-order valence-electron chi connectivity index (χ2n) is 4.86. The van der Waals surface area contributed by atoms with Crippen molar-refractivity contribution in [3.63, 3.8) is 0 Å². The van der Waals surface area contributed by atoms with Crippen LogP contribution in [0.2, 0.25) is 0 Å². The second kappa shape index (κ2) is 13.1. The van der Waals surface area contributed by atoms with Crippen molar-refractivity contribution in [1.82, 2.24) is 15.5 Å². The molecule has 0 aliphatic carbocycles. The number of carbonyl (C=O) groups excluding carboxylic acids is 1. The Morgan fingerprint density at radius 3 is 2.59 bits per heavy atom. The van der Waals surface area contributed by atoms with Gasteiger partial charge in [-0.3, -0.25) is 4.99 Å². The third-order valence-electron chi connectivity index (χ3n) is 3.27. The maximum atomic E-state index is 11.6. The summed E-state index contributed by atoms with van der Waals surface area (Å²) in [7, 11) is 0. The molecule has 0 spiro atoms. The molecule has 0 aromatic heterocycles. The van der Waals surface area contributed by atoms with E-state index in [4.69, 9.17) is 4.74 Å². The molecule has 0 aromatic carbocycles. The third kappa shape index (κ3) is 8.30. The molecule has 6 nitrogen and oxygen atoms in total. The zero-order valence-corrected chi connectivity index (χ0v) is 16.9. The van der Waals surface area contributed by atoms with E-state index in [-0.39, 0.29) is 30.1 Å². The molecule has 1 heterocycles. The highest BCUT2D eigenvalue weighted by molar-refractivity contribution is 14.0. The number of hydrogen-bond donors (Lipinski definition) is 2. The van der Waals surface area contributed by atoms with Gasteiger partial charge in [-0.1, -0.05) is 0 Å². The number of nitrogens with zero attached hydrogens (tertiary/aromatic N) is 2. The summed E-state index contributed by atoms with van der Waals surface area (Å²) in [6.45, 7) is 7.48. The fraction of sp³-hybridized carbons (Fsp3) is 0.857.